The molecule has 0 saturated carbocycles. The van der Waals surface area contributed by atoms with Crippen LogP contribution in [-0.2, 0) is 12.8 Å². The molecule has 0 atom stereocenters. The minimum absolute atomic E-state index is 0.0774. The quantitative estimate of drug-likeness (QED) is 0.368. The van der Waals surface area contributed by atoms with Crippen molar-refractivity contribution in [3.8, 4) is 17.2 Å². The highest BCUT2D eigenvalue weighted by molar-refractivity contribution is 5.98. The Kier molecular flexibility index (Phi) is 8.08. The summed E-state index contributed by atoms with van der Waals surface area (Å²) >= 11 is 0. The summed E-state index contributed by atoms with van der Waals surface area (Å²) in [5.41, 5.74) is 4.60. The summed E-state index contributed by atoms with van der Waals surface area (Å²) in [4.78, 5) is 12.4. The molecule has 0 amide bonds. The second-order valence-corrected chi connectivity index (χ2v) is 7.66. The number of aromatic hydroxyl groups is 3. The number of Topliss-reactive ketones (excluding diaryl/α,β-unsaturated/α-hetero) is 1. The Morgan fingerprint density at radius 3 is 2.34 bits per heavy atom. The Balaban J connectivity index is 1.99. The van der Waals surface area contributed by atoms with Gasteiger partial charge in [0, 0.05) is 12.5 Å². The molecule has 2 rings (SSSR count). The van der Waals surface area contributed by atoms with E-state index in [1.54, 1.807) is 6.07 Å². The van der Waals surface area contributed by atoms with E-state index in [2.05, 4.69) is 32.9 Å². The van der Waals surface area contributed by atoms with Gasteiger partial charge in [-0.2, -0.15) is 0 Å². The summed E-state index contributed by atoms with van der Waals surface area (Å²) in [6, 6.07) is 9.39. The second-order valence-electron chi connectivity index (χ2n) is 7.66. The lowest BCUT2D eigenvalue weighted by Crippen LogP contribution is -2.02. The van der Waals surface area contributed by atoms with Gasteiger partial charge >= 0.3 is 0 Å². The van der Waals surface area contributed by atoms with E-state index in [9.17, 15) is 20.1 Å². The minimum atomic E-state index is -0.213. The van der Waals surface area contributed by atoms with Crippen LogP contribution in [0.15, 0.2) is 59.7 Å². The fourth-order valence-electron chi connectivity index (χ4n) is 3.08. The molecule has 0 aromatic heterocycles. The Bertz CT molecular complexity index is 918. The molecule has 3 N–H and O–H groups in total. The number of carbonyl (C=O) groups is 1. The number of aryl methyl sites for hydroxylation is 1. The van der Waals surface area contributed by atoms with Crippen LogP contribution in [0.1, 0.15) is 61.5 Å². The largest absolute Gasteiger partial charge is 0.508 e. The van der Waals surface area contributed by atoms with Crippen molar-refractivity contribution in [2.75, 3.05) is 0 Å². The lowest BCUT2D eigenvalue weighted by Gasteiger charge is -2.08. The molecule has 4 nitrogen and oxygen atoms in total. The molecule has 0 heterocycles. The highest BCUT2D eigenvalue weighted by Crippen LogP contribution is 2.25. The van der Waals surface area contributed by atoms with Crippen LogP contribution in [0.3, 0.4) is 0 Å². The number of hydrogen-bond acceptors (Lipinski definition) is 4. The molecule has 2 aromatic rings. The van der Waals surface area contributed by atoms with Crippen molar-refractivity contribution in [2.24, 2.45) is 0 Å². The molecule has 0 spiro atoms. The third kappa shape index (κ3) is 7.15. The topological polar surface area (TPSA) is 77.8 Å². The van der Waals surface area contributed by atoms with Crippen LogP contribution in [0, 0.1) is 0 Å². The average molecular weight is 395 g/mol. The first kappa shape index (κ1) is 22.3. The molecule has 0 aliphatic carbocycles. The van der Waals surface area contributed by atoms with Crippen LogP contribution in [0.5, 0.6) is 17.2 Å². The Hall–Kier alpha value is -3.01. The number of phenols is 3. The van der Waals surface area contributed by atoms with E-state index < -0.39 is 0 Å². The molecule has 2 aromatic carbocycles. The highest BCUT2D eigenvalue weighted by atomic mass is 16.3. The van der Waals surface area contributed by atoms with Gasteiger partial charge in [0.2, 0.25) is 0 Å². The normalized spacial score (nSPS) is 11.3. The zero-order valence-electron chi connectivity index (χ0n) is 17.4. The lowest BCUT2D eigenvalue weighted by atomic mass is 9.98. The van der Waals surface area contributed by atoms with Gasteiger partial charge in [-0.3, -0.25) is 4.79 Å². The van der Waals surface area contributed by atoms with Gasteiger partial charge in [0.25, 0.3) is 0 Å². The molecule has 0 aliphatic rings. The van der Waals surface area contributed by atoms with E-state index in [1.165, 1.54) is 23.3 Å². The average Bonchev–Trinajstić information content (AvgIpc) is 2.65. The summed E-state index contributed by atoms with van der Waals surface area (Å²) in [6.07, 6.45) is 7.76. The maximum Gasteiger partial charge on any atom is 0.166 e. The Labute approximate surface area is 172 Å². The predicted octanol–water partition coefficient (Wildman–Crippen LogP) is 5.85. The van der Waals surface area contributed by atoms with E-state index >= 15 is 0 Å². The first-order valence-electron chi connectivity index (χ1n) is 9.91. The van der Waals surface area contributed by atoms with Crippen LogP contribution < -0.4 is 0 Å². The molecule has 0 radical (unpaired) electrons. The molecule has 0 bridgehead atoms. The van der Waals surface area contributed by atoms with Crippen molar-refractivity contribution >= 4 is 5.78 Å². The fraction of sp³-hybridized carbons (Fsp3) is 0.320. The van der Waals surface area contributed by atoms with Gasteiger partial charge in [-0.1, -0.05) is 35.4 Å². The van der Waals surface area contributed by atoms with Crippen molar-refractivity contribution in [1.82, 2.24) is 0 Å². The van der Waals surface area contributed by atoms with Crippen molar-refractivity contribution in [2.45, 2.75) is 52.9 Å². The summed E-state index contributed by atoms with van der Waals surface area (Å²) in [5.74, 6) is -0.224. The third-order valence-electron chi connectivity index (χ3n) is 4.83. The first-order chi connectivity index (χ1) is 13.8. The SMILES string of the molecule is CC(C)=CCC/C(C)=C/Cc1cc(CCC(=O)c2ccc(O)cc2O)ccc1O. The number of allylic oxidation sites excluding steroid dienone is 4. The number of carbonyl (C=O) groups excluding carboxylic acids is 1. The maximum atomic E-state index is 12.4. The van der Waals surface area contributed by atoms with Crippen molar-refractivity contribution in [1.29, 1.82) is 0 Å². The number of rotatable bonds is 9. The number of hydrogen-bond donors (Lipinski definition) is 3. The van der Waals surface area contributed by atoms with Crippen molar-refractivity contribution in [3.63, 3.8) is 0 Å². The monoisotopic (exact) mass is 394 g/mol. The van der Waals surface area contributed by atoms with Crippen LogP contribution in [0.2, 0.25) is 0 Å². The second kappa shape index (κ2) is 10.5. The van der Waals surface area contributed by atoms with Crippen LogP contribution >= 0.6 is 0 Å². The maximum absolute atomic E-state index is 12.4. The number of ketones is 1. The van der Waals surface area contributed by atoms with Gasteiger partial charge in [0.1, 0.15) is 17.2 Å². The molecular formula is C25H30O4. The van der Waals surface area contributed by atoms with Crippen LogP contribution in [0.4, 0.5) is 0 Å². The van der Waals surface area contributed by atoms with Crippen LogP contribution in [-0.4, -0.2) is 21.1 Å². The Morgan fingerprint density at radius 1 is 0.897 bits per heavy atom. The van der Waals surface area contributed by atoms with Gasteiger partial charge in [-0.05, 0) is 75.8 Å². The number of benzene rings is 2. The summed E-state index contributed by atoms with van der Waals surface area (Å²) < 4.78 is 0. The van der Waals surface area contributed by atoms with Gasteiger partial charge in [-0.15, -0.1) is 0 Å². The van der Waals surface area contributed by atoms with E-state index in [1.807, 2.05) is 12.1 Å². The molecule has 154 valence electrons. The Morgan fingerprint density at radius 2 is 1.66 bits per heavy atom. The van der Waals surface area contributed by atoms with E-state index in [0.29, 0.717) is 12.8 Å². The molecule has 4 heteroatoms. The molecule has 29 heavy (non-hydrogen) atoms. The molecule has 0 fully saturated rings. The van der Waals surface area contributed by atoms with Crippen molar-refractivity contribution < 1.29 is 20.1 Å². The van der Waals surface area contributed by atoms with Gasteiger partial charge < -0.3 is 15.3 Å². The molecule has 0 aliphatic heterocycles. The van der Waals surface area contributed by atoms with Gasteiger partial charge in [0.15, 0.2) is 5.78 Å². The lowest BCUT2D eigenvalue weighted by molar-refractivity contribution is 0.0980. The zero-order chi connectivity index (χ0) is 21.4. The van der Waals surface area contributed by atoms with Crippen LogP contribution in [0.25, 0.3) is 0 Å². The third-order valence-corrected chi connectivity index (χ3v) is 4.83. The predicted molar refractivity (Wildman–Crippen MR) is 117 cm³/mol. The smallest absolute Gasteiger partial charge is 0.166 e. The zero-order valence-corrected chi connectivity index (χ0v) is 17.4. The van der Waals surface area contributed by atoms with Gasteiger partial charge in [0.05, 0.1) is 5.56 Å². The minimum Gasteiger partial charge on any atom is -0.508 e. The summed E-state index contributed by atoms with van der Waals surface area (Å²) in [5, 5.41) is 29.3. The summed E-state index contributed by atoms with van der Waals surface area (Å²) in [7, 11) is 0. The van der Waals surface area contributed by atoms with E-state index in [4.69, 9.17) is 0 Å². The number of phenolic OH excluding ortho intramolecular Hbond substituents is 3. The molecular weight excluding hydrogens is 364 g/mol. The van der Waals surface area contributed by atoms with E-state index in [-0.39, 0.29) is 35.0 Å². The fourth-order valence-corrected chi connectivity index (χ4v) is 3.08. The highest BCUT2D eigenvalue weighted by Gasteiger charge is 2.12. The molecule has 0 unspecified atom stereocenters. The van der Waals surface area contributed by atoms with Gasteiger partial charge in [-0.25, -0.2) is 0 Å². The first-order valence-corrected chi connectivity index (χ1v) is 9.91. The standard InChI is InChI=1S/C25H30O4/c1-17(2)5-4-6-18(3)7-10-20-15-19(8-13-23(20)27)9-14-24(28)22-12-11-21(26)16-25(22)29/h5,7-8,11-13,15-16,26-27,29H,4,6,9-10,14H2,1-3H3/b18-7+. The van der Waals surface area contributed by atoms with Crippen molar-refractivity contribution in [3.05, 3.63) is 76.4 Å². The molecule has 0 saturated heterocycles. The summed E-state index contributed by atoms with van der Waals surface area (Å²) in [6.45, 7) is 6.29. The van der Waals surface area contributed by atoms with E-state index in [0.717, 1.165) is 30.0 Å².